The monoisotopic (exact) mass is 141 g/mol. The van der Waals surface area contributed by atoms with Crippen molar-refractivity contribution in [3.8, 4) is 0 Å². The molecule has 1 atom stereocenters. The van der Waals surface area contributed by atoms with Gasteiger partial charge in [-0.05, 0) is 6.92 Å². The fourth-order valence-electron chi connectivity index (χ4n) is 0.593. The highest BCUT2D eigenvalue weighted by Gasteiger charge is 2.07. The van der Waals surface area contributed by atoms with Gasteiger partial charge in [-0.3, -0.25) is 0 Å². The maximum atomic E-state index is 5.49. The van der Waals surface area contributed by atoms with Crippen molar-refractivity contribution in [3.63, 3.8) is 0 Å². The zero-order valence-electron chi connectivity index (χ0n) is 6.16. The molecule has 0 radical (unpaired) electrons. The highest BCUT2D eigenvalue weighted by atomic mass is 16.4. The first-order valence-electron chi connectivity index (χ1n) is 3.32. The Labute approximate surface area is 59.4 Å². The molecular weight excluding hydrogens is 130 g/mol. The SMILES string of the molecule is CCc1nnc(C(C)N)o1. The van der Waals surface area contributed by atoms with Gasteiger partial charge in [0.15, 0.2) is 0 Å². The standard InChI is InChI=1S/C6H11N3O/c1-3-5-8-9-6(10-5)4(2)7/h4H,3,7H2,1-2H3. The molecule has 2 N–H and O–H groups in total. The normalized spacial score (nSPS) is 13.5. The van der Waals surface area contributed by atoms with Crippen LogP contribution in [0.2, 0.25) is 0 Å². The average molecular weight is 141 g/mol. The summed E-state index contributed by atoms with van der Waals surface area (Å²) in [5, 5.41) is 7.50. The second-order valence-electron chi connectivity index (χ2n) is 2.18. The minimum atomic E-state index is -0.159. The van der Waals surface area contributed by atoms with E-state index < -0.39 is 0 Å². The van der Waals surface area contributed by atoms with Crippen LogP contribution >= 0.6 is 0 Å². The van der Waals surface area contributed by atoms with E-state index in [0.717, 1.165) is 6.42 Å². The first kappa shape index (κ1) is 7.21. The van der Waals surface area contributed by atoms with Gasteiger partial charge in [0, 0.05) is 6.42 Å². The average Bonchev–Trinajstić information content (AvgIpc) is 2.34. The highest BCUT2D eigenvalue weighted by Crippen LogP contribution is 2.06. The number of rotatable bonds is 2. The van der Waals surface area contributed by atoms with E-state index in [1.807, 2.05) is 13.8 Å². The summed E-state index contributed by atoms with van der Waals surface area (Å²) in [6, 6.07) is -0.159. The molecule has 0 amide bonds. The molecule has 0 aliphatic carbocycles. The van der Waals surface area contributed by atoms with Crippen molar-refractivity contribution >= 4 is 0 Å². The van der Waals surface area contributed by atoms with Crippen LogP contribution in [0.1, 0.15) is 31.7 Å². The quantitative estimate of drug-likeness (QED) is 0.656. The third kappa shape index (κ3) is 1.33. The maximum Gasteiger partial charge on any atom is 0.232 e. The third-order valence-electron chi connectivity index (χ3n) is 1.17. The van der Waals surface area contributed by atoms with Gasteiger partial charge in [0.2, 0.25) is 11.8 Å². The van der Waals surface area contributed by atoms with Gasteiger partial charge in [0.05, 0.1) is 6.04 Å². The Morgan fingerprint density at radius 1 is 1.60 bits per heavy atom. The highest BCUT2D eigenvalue weighted by molar-refractivity contribution is 4.85. The van der Waals surface area contributed by atoms with E-state index >= 15 is 0 Å². The van der Waals surface area contributed by atoms with Crippen LogP contribution in [0.5, 0.6) is 0 Å². The van der Waals surface area contributed by atoms with Crippen LogP contribution in [0.3, 0.4) is 0 Å². The summed E-state index contributed by atoms with van der Waals surface area (Å²) in [5.41, 5.74) is 5.49. The number of nitrogens with zero attached hydrogens (tertiary/aromatic N) is 2. The van der Waals surface area contributed by atoms with Crippen molar-refractivity contribution in [2.75, 3.05) is 0 Å². The molecule has 0 aliphatic heterocycles. The van der Waals surface area contributed by atoms with Crippen molar-refractivity contribution in [2.24, 2.45) is 5.73 Å². The Morgan fingerprint density at radius 2 is 2.30 bits per heavy atom. The summed E-state index contributed by atoms with van der Waals surface area (Å²) in [7, 11) is 0. The van der Waals surface area contributed by atoms with Crippen molar-refractivity contribution in [3.05, 3.63) is 11.8 Å². The lowest BCUT2D eigenvalue weighted by Crippen LogP contribution is -2.04. The van der Waals surface area contributed by atoms with Gasteiger partial charge in [-0.1, -0.05) is 6.92 Å². The molecule has 0 saturated heterocycles. The van der Waals surface area contributed by atoms with Crippen LogP contribution in [-0.4, -0.2) is 10.2 Å². The lowest BCUT2D eigenvalue weighted by atomic mass is 10.4. The number of nitrogens with two attached hydrogens (primary N) is 1. The van der Waals surface area contributed by atoms with Crippen molar-refractivity contribution in [2.45, 2.75) is 26.3 Å². The smallest absolute Gasteiger partial charge is 0.232 e. The number of hydrogen-bond donors (Lipinski definition) is 1. The third-order valence-corrected chi connectivity index (χ3v) is 1.17. The Morgan fingerprint density at radius 3 is 2.60 bits per heavy atom. The molecule has 1 aromatic rings. The fourth-order valence-corrected chi connectivity index (χ4v) is 0.593. The first-order valence-corrected chi connectivity index (χ1v) is 3.32. The number of aromatic nitrogens is 2. The minimum Gasteiger partial charge on any atom is -0.424 e. The van der Waals surface area contributed by atoms with Crippen LogP contribution in [0.15, 0.2) is 4.42 Å². The molecule has 0 aromatic carbocycles. The second kappa shape index (κ2) is 2.79. The zero-order valence-corrected chi connectivity index (χ0v) is 6.16. The van der Waals surface area contributed by atoms with Gasteiger partial charge in [0.25, 0.3) is 0 Å². The van der Waals surface area contributed by atoms with Gasteiger partial charge in [-0.15, -0.1) is 10.2 Å². The molecule has 10 heavy (non-hydrogen) atoms. The molecule has 4 nitrogen and oxygen atoms in total. The summed E-state index contributed by atoms with van der Waals surface area (Å²) in [5.74, 6) is 1.16. The van der Waals surface area contributed by atoms with Crippen molar-refractivity contribution in [1.82, 2.24) is 10.2 Å². The molecule has 1 unspecified atom stereocenters. The molecule has 1 rings (SSSR count). The number of hydrogen-bond acceptors (Lipinski definition) is 4. The van der Waals surface area contributed by atoms with E-state index in [4.69, 9.17) is 10.2 Å². The van der Waals surface area contributed by atoms with E-state index in [1.165, 1.54) is 0 Å². The van der Waals surface area contributed by atoms with Crippen LogP contribution in [0.4, 0.5) is 0 Å². The first-order chi connectivity index (χ1) is 4.74. The summed E-state index contributed by atoms with van der Waals surface area (Å²) < 4.78 is 5.15. The predicted molar refractivity (Wildman–Crippen MR) is 36.3 cm³/mol. The van der Waals surface area contributed by atoms with Gasteiger partial charge in [-0.25, -0.2) is 0 Å². The lowest BCUT2D eigenvalue weighted by molar-refractivity contribution is 0.430. The van der Waals surface area contributed by atoms with Gasteiger partial charge < -0.3 is 10.2 Å². The summed E-state index contributed by atoms with van der Waals surface area (Å²) in [6.45, 7) is 3.77. The van der Waals surface area contributed by atoms with Crippen molar-refractivity contribution < 1.29 is 4.42 Å². The Bertz CT molecular complexity index is 207. The second-order valence-corrected chi connectivity index (χ2v) is 2.18. The van der Waals surface area contributed by atoms with E-state index in [2.05, 4.69) is 10.2 Å². The molecule has 1 heterocycles. The van der Waals surface area contributed by atoms with E-state index in [-0.39, 0.29) is 6.04 Å². The lowest BCUT2D eigenvalue weighted by Gasteiger charge is -1.93. The van der Waals surface area contributed by atoms with Crippen LogP contribution < -0.4 is 5.73 Å². The zero-order chi connectivity index (χ0) is 7.56. The Kier molecular flexibility index (Phi) is 2.01. The summed E-state index contributed by atoms with van der Waals surface area (Å²) in [4.78, 5) is 0. The van der Waals surface area contributed by atoms with E-state index in [9.17, 15) is 0 Å². The van der Waals surface area contributed by atoms with Gasteiger partial charge in [-0.2, -0.15) is 0 Å². The molecule has 56 valence electrons. The minimum absolute atomic E-state index is 0.159. The van der Waals surface area contributed by atoms with Crippen LogP contribution in [0, 0.1) is 0 Å². The number of aryl methyl sites for hydroxylation is 1. The molecule has 0 fully saturated rings. The molecule has 0 bridgehead atoms. The summed E-state index contributed by atoms with van der Waals surface area (Å²) in [6.07, 6.45) is 0.764. The Balaban J connectivity index is 2.78. The Hall–Kier alpha value is -0.900. The van der Waals surface area contributed by atoms with E-state index in [0.29, 0.717) is 11.8 Å². The van der Waals surface area contributed by atoms with E-state index in [1.54, 1.807) is 0 Å². The molecule has 0 saturated carbocycles. The molecule has 0 spiro atoms. The molecule has 4 heteroatoms. The summed E-state index contributed by atoms with van der Waals surface area (Å²) >= 11 is 0. The molecule has 0 aliphatic rings. The van der Waals surface area contributed by atoms with Crippen LogP contribution in [0.25, 0.3) is 0 Å². The molecular formula is C6H11N3O. The topological polar surface area (TPSA) is 64.9 Å². The predicted octanol–water partition coefficient (Wildman–Crippen LogP) is 0.652. The maximum absolute atomic E-state index is 5.49. The van der Waals surface area contributed by atoms with Crippen molar-refractivity contribution in [1.29, 1.82) is 0 Å². The van der Waals surface area contributed by atoms with Crippen LogP contribution in [-0.2, 0) is 6.42 Å². The fraction of sp³-hybridized carbons (Fsp3) is 0.667. The van der Waals surface area contributed by atoms with Gasteiger partial charge in [0.1, 0.15) is 0 Å². The largest absolute Gasteiger partial charge is 0.424 e. The molecule has 1 aromatic heterocycles. The van der Waals surface area contributed by atoms with Gasteiger partial charge >= 0.3 is 0 Å².